The number of aliphatic hydroxyl groups is 1. The molecule has 29 heteroatoms. The summed E-state index contributed by atoms with van der Waals surface area (Å²) in [7, 11) is -0.864. The first kappa shape index (κ1) is 84.6. The highest BCUT2D eigenvalue weighted by Gasteiger charge is 2.39. The van der Waals surface area contributed by atoms with Crippen LogP contribution in [0, 0.1) is 17.0 Å². The van der Waals surface area contributed by atoms with E-state index in [1.54, 1.807) is 98.3 Å². The average Bonchev–Trinajstić information content (AvgIpc) is 1.62. The fourth-order valence-corrected chi connectivity index (χ4v) is 11.5. The molecule has 0 aliphatic heterocycles. The van der Waals surface area contributed by atoms with Gasteiger partial charge in [-0.15, -0.1) is 0 Å². The molecular weight excluding hydrogens is 1370 g/mol. The van der Waals surface area contributed by atoms with Crippen molar-refractivity contribution in [1.82, 2.24) is 52.0 Å². The van der Waals surface area contributed by atoms with Crippen LogP contribution >= 0.6 is 10.0 Å². The fraction of sp³-hybridized carbons (Fsp3) is 0.467. The first-order chi connectivity index (χ1) is 49.2. The van der Waals surface area contributed by atoms with E-state index >= 15 is 4.39 Å². The molecule has 5 rings (SSSR count). The van der Waals surface area contributed by atoms with Crippen LogP contribution in [0.2, 0.25) is 0 Å². The molecule has 566 valence electrons. The van der Waals surface area contributed by atoms with Crippen LogP contribution < -0.4 is 42.5 Å². The van der Waals surface area contributed by atoms with E-state index in [0.29, 0.717) is 24.1 Å². The Kier molecular flexibility index (Phi) is 34.1. The van der Waals surface area contributed by atoms with Crippen LogP contribution in [0.25, 0.3) is 11.1 Å². The summed E-state index contributed by atoms with van der Waals surface area (Å²) in [6.45, 7) is 8.81. The number of benzene rings is 4. The van der Waals surface area contributed by atoms with Gasteiger partial charge in [0.25, 0.3) is 0 Å². The van der Waals surface area contributed by atoms with E-state index < -0.39 is 179 Å². The molecule has 0 fully saturated rings. The number of Topliss-reactive ketones (excluding diaryl/α,β-unsaturated/α-hetero) is 1. The Morgan fingerprint density at radius 1 is 0.587 bits per heavy atom. The number of ketones is 1. The molecule has 0 aliphatic carbocycles. The predicted molar refractivity (Wildman–Crippen MR) is 388 cm³/mol. The van der Waals surface area contributed by atoms with Gasteiger partial charge in [-0.2, -0.15) is 0 Å². The zero-order valence-electron chi connectivity index (χ0n) is 60.7. The maximum absolute atomic E-state index is 15.6. The Morgan fingerprint density at radius 2 is 1.15 bits per heavy atom. The van der Waals surface area contributed by atoms with E-state index in [0.717, 1.165) is 42.0 Å². The number of esters is 2. The van der Waals surface area contributed by atoms with Gasteiger partial charge < -0.3 is 71.3 Å². The van der Waals surface area contributed by atoms with Crippen LogP contribution in [0.5, 0.6) is 0 Å². The second kappa shape index (κ2) is 41.9. The van der Waals surface area contributed by atoms with Crippen molar-refractivity contribution in [2.45, 2.75) is 162 Å². The number of ether oxygens (including phenoxy) is 3. The number of amides is 9. The largest absolute Gasteiger partial charge is 0.461 e. The van der Waals surface area contributed by atoms with Crippen LogP contribution in [-0.4, -0.2) is 179 Å². The van der Waals surface area contributed by atoms with E-state index in [-0.39, 0.29) is 63.3 Å². The summed E-state index contributed by atoms with van der Waals surface area (Å²) >= 11 is 0. The number of nitrogens with one attached hydrogen (secondary N) is 8. The predicted octanol–water partition coefficient (Wildman–Crippen LogP) is 6.09. The molecule has 9 N–H and O–H groups in total. The van der Waals surface area contributed by atoms with Crippen molar-refractivity contribution < 1.29 is 85.6 Å². The van der Waals surface area contributed by atoms with Crippen molar-refractivity contribution in [1.29, 1.82) is 0 Å². The number of nitrogens with zero attached hydrogens (tertiary/aromatic N) is 2. The van der Waals surface area contributed by atoms with Crippen LogP contribution in [0.1, 0.15) is 128 Å². The number of alkyl carbamates (subject to hydrolysis) is 1. The summed E-state index contributed by atoms with van der Waals surface area (Å²) in [5.74, 6) is -9.69. The fourth-order valence-electron chi connectivity index (χ4n) is 10.9. The zero-order valence-corrected chi connectivity index (χ0v) is 61.6. The summed E-state index contributed by atoms with van der Waals surface area (Å²) in [5, 5.41) is 31.1. The topological polar surface area (TPSA) is 357 Å². The molecule has 7 atom stereocenters. The number of carbonyl (C=O) groups is 12. The van der Waals surface area contributed by atoms with Gasteiger partial charge in [-0.3, -0.25) is 47.9 Å². The minimum Gasteiger partial charge on any atom is -0.461 e. The molecule has 1 aromatic heterocycles. The van der Waals surface area contributed by atoms with Gasteiger partial charge in [0.1, 0.15) is 80.1 Å². The molecule has 5 aromatic rings. The number of hydrogen-bond acceptors (Lipinski definition) is 16. The Morgan fingerprint density at radius 3 is 1.74 bits per heavy atom. The number of hydrogen-bond donors (Lipinski definition) is 9. The molecule has 4 aromatic carbocycles. The second-order valence-electron chi connectivity index (χ2n) is 27.2. The molecule has 0 radical (unpaired) electrons. The Balaban J connectivity index is 1.39. The molecule has 0 saturated heterocycles. The smallest absolute Gasteiger partial charge is 0.407 e. The van der Waals surface area contributed by atoms with Crippen molar-refractivity contribution in [3.05, 3.63) is 155 Å². The summed E-state index contributed by atoms with van der Waals surface area (Å²) < 4.78 is 48.4. The van der Waals surface area contributed by atoms with Gasteiger partial charge in [0.15, 0.2) is 0 Å². The third kappa shape index (κ3) is 29.7. The standard InChI is InChI=1S/C75H100F2N10O16S/c1-48(89)40-62(85-69(95)50(3)80-68(94)49(2)81-71(97)59(82-51(4)90)28-20-21-35-79-74(100)101-38-39-104(8,9)10)72(98)84-60(70(96)78-36-33-64(91)83-61(73(99)103-47-54-26-18-13-19-27-54)31-32-66(93)102-46-53-24-16-12-17-25-53)34-37-87(65(92)45-88)67(75(5,6)7)63-41-55(57-42-56(76)29-30-58(57)77)44-86(63)43-52-22-14-11-15-23-52/h11-19,22-27,29-30,41-42,44,49-50,59-62,67,88H,20-21,28,31-40,43,45-47H2,1-10H3,(H,78,96)(H,79,100)(H,80,94)(H,81,97)(H,82,90)(H,83,91)(H,84,98)(H,85,95)/t49-,50-,59-,60-,61-,62-,67-/m0/s1. The third-order valence-electron chi connectivity index (χ3n) is 16.3. The highest BCUT2D eigenvalue weighted by Crippen LogP contribution is 2.41. The van der Waals surface area contributed by atoms with Gasteiger partial charge in [-0.1, -0.05) is 112 Å². The summed E-state index contributed by atoms with van der Waals surface area (Å²) in [6.07, 6.45) is 6.07. The lowest BCUT2D eigenvalue weighted by atomic mass is 9.82. The number of halogens is 2. The molecule has 1 heterocycles. The Labute approximate surface area is 607 Å². The number of aliphatic hydroxyl groups excluding tert-OH is 1. The lowest BCUT2D eigenvalue weighted by Crippen LogP contribution is -2.58. The van der Waals surface area contributed by atoms with Crippen molar-refractivity contribution in [3.63, 3.8) is 0 Å². The Bertz CT molecular complexity index is 3720. The number of unbranched alkanes of at least 4 members (excludes halogenated alkanes) is 1. The first-order valence-corrected chi connectivity index (χ1v) is 37.4. The lowest BCUT2D eigenvalue weighted by Gasteiger charge is -2.41. The molecule has 104 heavy (non-hydrogen) atoms. The number of carbonyl (C=O) groups excluding carboxylic acids is 12. The van der Waals surface area contributed by atoms with E-state index in [4.69, 9.17) is 14.2 Å². The number of rotatable bonds is 41. The lowest BCUT2D eigenvalue weighted by molar-refractivity contribution is -0.150. The molecule has 0 aliphatic rings. The zero-order chi connectivity index (χ0) is 76.7. The minimum atomic E-state index is -1.74. The third-order valence-corrected chi connectivity index (χ3v) is 17.7. The van der Waals surface area contributed by atoms with Crippen LogP contribution in [-0.2, 0) is 86.7 Å². The highest BCUT2D eigenvalue weighted by molar-refractivity contribution is 8.32. The van der Waals surface area contributed by atoms with Crippen molar-refractivity contribution in [3.8, 4) is 11.1 Å². The van der Waals surface area contributed by atoms with Gasteiger partial charge in [0.2, 0.25) is 47.3 Å². The van der Waals surface area contributed by atoms with Crippen molar-refractivity contribution >= 4 is 81.1 Å². The second-order valence-corrected chi connectivity index (χ2v) is 31.8. The molecule has 9 amide bonds. The maximum atomic E-state index is 15.6. The molecule has 0 saturated carbocycles. The monoisotopic (exact) mass is 1470 g/mol. The molecule has 0 spiro atoms. The van der Waals surface area contributed by atoms with Crippen LogP contribution in [0.4, 0.5) is 13.6 Å². The van der Waals surface area contributed by atoms with E-state index in [9.17, 15) is 67.0 Å². The summed E-state index contributed by atoms with van der Waals surface area (Å²) in [4.78, 5) is 164. The van der Waals surface area contributed by atoms with Crippen LogP contribution in [0.15, 0.2) is 121 Å². The van der Waals surface area contributed by atoms with Crippen molar-refractivity contribution in [2.75, 3.05) is 57.4 Å². The SMILES string of the molecule is CC(=O)C[C@H](NC(=O)[C@H](C)NC(=O)[C@H](C)NC(=O)[C@H](CCCCNC(=O)OCCS(C)(C)C)NC(C)=O)C(=O)N[C@@H](CCN(C(=O)CO)[C@@H](c1cc(-c2cc(F)ccc2F)cn1Cc1ccccc1)C(C)(C)C)C(=O)NCCC(=O)N[C@@H](CCC(=O)OCc1ccccc1)C(=O)OCc1ccccc1. The van der Waals surface area contributed by atoms with Crippen LogP contribution in [0.3, 0.4) is 0 Å². The Hall–Kier alpha value is -10.0. The quantitative estimate of drug-likeness (QED) is 0.0121. The van der Waals surface area contributed by atoms with E-state index in [1.165, 1.54) is 25.7 Å². The average molecular weight is 1470 g/mol. The van der Waals surface area contributed by atoms with E-state index in [2.05, 4.69) is 61.3 Å². The van der Waals surface area contributed by atoms with Gasteiger partial charge in [0.05, 0.1) is 6.04 Å². The van der Waals surface area contributed by atoms with Gasteiger partial charge >= 0.3 is 18.0 Å². The summed E-state index contributed by atoms with van der Waals surface area (Å²) in [6, 6.07) is 21.6. The first-order valence-electron chi connectivity index (χ1n) is 34.3. The van der Waals surface area contributed by atoms with Gasteiger partial charge in [0, 0.05) is 81.1 Å². The normalized spacial score (nSPS) is 13.5. The van der Waals surface area contributed by atoms with Crippen molar-refractivity contribution in [2.24, 2.45) is 5.41 Å². The number of aromatic nitrogens is 1. The molecule has 0 unspecified atom stereocenters. The highest BCUT2D eigenvalue weighted by atomic mass is 32.3. The van der Waals surface area contributed by atoms with Gasteiger partial charge in [-0.05, 0) is 118 Å². The van der Waals surface area contributed by atoms with E-state index in [1.807, 2.05) is 30.3 Å². The molecule has 26 nitrogen and oxygen atoms in total. The summed E-state index contributed by atoms with van der Waals surface area (Å²) in [5.41, 5.74) is 1.73. The maximum Gasteiger partial charge on any atom is 0.407 e. The minimum absolute atomic E-state index is 0.0456. The molecule has 0 bridgehead atoms. The van der Waals surface area contributed by atoms with Gasteiger partial charge in [-0.25, -0.2) is 28.4 Å². The molecular formula is C75H100F2N10O16S.